The van der Waals surface area contributed by atoms with E-state index >= 15 is 0 Å². The molecule has 3 aromatic heterocycles. The van der Waals surface area contributed by atoms with Crippen LogP contribution in [0, 0.1) is 0 Å². The molecule has 0 atom stereocenters. The molecule has 2 N–H and O–H groups in total. The van der Waals surface area contributed by atoms with Crippen molar-refractivity contribution in [2.24, 2.45) is 5.73 Å². The lowest BCUT2D eigenvalue weighted by Gasteiger charge is -2.10. The summed E-state index contributed by atoms with van der Waals surface area (Å²) >= 11 is 3.08. The van der Waals surface area contributed by atoms with E-state index in [4.69, 9.17) is 10.7 Å². The molecular weight excluding hydrogens is 468 g/mol. The number of carbonyl (C=O) groups excluding carboxylic acids is 1. The molecular formula is C24H22N6O2S2. The number of aromatic nitrogens is 5. The minimum atomic E-state index is -0.448. The lowest BCUT2D eigenvalue weighted by molar-refractivity contribution is 0.100. The SMILES string of the molecule is CCCCn1c(=O)c2ccccc2n2c(SCc3csc(-c4ccc(C(N)=O)cc4)n3)nnc12. The number of thiazole rings is 1. The Labute approximate surface area is 203 Å². The number of amides is 1. The van der Waals surface area contributed by atoms with Gasteiger partial charge in [0.1, 0.15) is 5.01 Å². The fourth-order valence-corrected chi connectivity index (χ4v) is 5.53. The van der Waals surface area contributed by atoms with E-state index in [1.165, 1.54) is 11.8 Å². The van der Waals surface area contributed by atoms with Crippen molar-refractivity contribution < 1.29 is 4.79 Å². The number of primary amides is 1. The highest BCUT2D eigenvalue weighted by Gasteiger charge is 2.17. The van der Waals surface area contributed by atoms with Gasteiger partial charge in [-0.3, -0.25) is 18.6 Å². The van der Waals surface area contributed by atoms with Crippen LogP contribution in [0.1, 0.15) is 35.8 Å². The zero-order valence-electron chi connectivity index (χ0n) is 18.5. The first-order valence-corrected chi connectivity index (χ1v) is 12.8. The van der Waals surface area contributed by atoms with Gasteiger partial charge < -0.3 is 5.73 Å². The van der Waals surface area contributed by atoms with Crippen LogP contribution in [0.15, 0.2) is 63.9 Å². The fraction of sp³-hybridized carbons (Fsp3) is 0.208. The summed E-state index contributed by atoms with van der Waals surface area (Å²) in [7, 11) is 0. The Hall–Kier alpha value is -3.50. The average molecular weight is 491 g/mol. The van der Waals surface area contributed by atoms with Crippen LogP contribution in [0.5, 0.6) is 0 Å². The van der Waals surface area contributed by atoms with Crippen LogP contribution in [-0.4, -0.2) is 30.1 Å². The Balaban J connectivity index is 1.45. The van der Waals surface area contributed by atoms with Crippen LogP contribution in [0.3, 0.4) is 0 Å². The van der Waals surface area contributed by atoms with Crippen molar-refractivity contribution in [3.8, 4) is 10.6 Å². The fourth-order valence-electron chi connectivity index (χ4n) is 3.77. The predicted octanol–water partition coefficient (Wildman–Crippen LogP) is 4.36. The second kappa shape index (κ2) is 9.40. The number of hydrogen-bond acceptors (Lipinski definition) is 7. The van der Waals surface area contributed by atoms with E-state index in [2.05, 4.69) is 17.1 Å². The summed E-state index contributed by atoms with van der Waals surface area (Å²) < 4.78 is 3.69. The molecule has 2 aromatic carbocycles. The van der Waals surface area contributed by atoms with Crippen molar-refractivity contribution in [1.29, 1.82) is 0 Å². The zero-order chi connectivity index (χ0) is 23.7. The van der Waals surface area contributed by atoms with Gasteiger partial charge in [-0.15, -0.1) is 21.5 Å². The molecule has 3 heterocycles. The van der Waals surface area contributed by atoms with Crippen molar-refractivity contribution in [1.82, 2.24) is 24.1 Å². The number of thioether (sulfide) groups is 1. The third kappa shape index (κ3) is 4.10. The number of carbonyl (C=O) groups is 1. The Morgan fingerprint density at radius 1 is 1.12 bits per heavy atom. The van der Waals surface area contributed by atoms with Gasteiger partial charge in [-0.05, 0) is 30.7 Å². The Morgan fingerprint density at radius 2 is 1.91 bits per heavy atom. The van der Waals surface area contributed by atoms with E-state index in [-0.39, 0.29) is 5.56 Å². The van der Waals surface area contributed by atoms with Gasteiger partial charge in [-0.25, -0.2) is 4.98 Å². The van der Waals surface area contributed by atoms with E-state index in [0.29, 0.717) is 29.0 Å². The molecule has 0 radical (unpaired) electrons. The lowest BCUT2D eigenvalue weighted by atomic mass is 10.1. The number of hydrogen-bond donors (Lipinski definition) is 1. The smallest absolute Gasteiger partial charge is 0.262 e. The van der Waals surface area contributed by atoms with Gasteiger partial charge in [0.2, 0.25) is 11.7 Å². The molecule has 0 bridgehead atoms. The highest BCUT2D eigenvalue weighted by atomic mass is 32.2. The second-order valence-corrected chi connectivity index (χ2v) is 9.62. The van der Waals surface area contributed by atoms with Crippen molar-refractivity contribution in [3.63, 3.8) is 0 Å². The van der Waals surface area contributed by atoms with Crippen LogP contribution in [0.25, 0.3) is 27.3 Å². The molecule has 5 aromatic rings. The first-order valence-electron chi connectivity index (χ1n) is 10.9. The highest BCUT2D eigenvalue weighted by molar-refractivity contribution is 7.98. The summed E-state index contributed by atoms with van der Waals surface area (Å²) in [6, 6.07) is 14.7. The van der Waals surface area contributed by atoms with Gasteiger partial charge in [-0.2, -0.15) is 0 Å². The molecule has 0 aliphatic rings. The molecule has 0 spiro atoms. The van der Waals surface area contributed by atoms with Crippen LogP contribution in [0.4, 0.5) is 0 Å². The third-order valence-corrected chi connectivity index (χ3v) is 7.43. The van der Waals surface area contributed by atoms with Crippen LogP contribution >= 0.6 is 23.1 Å². The minimum Gasteiger partial charge on any atom is -0.366 e. The molecule has 8 nitrogen and oxygen atoms in total. The standard InChI is InChI=1S/C24H22N6O2S2/c1-2-3-12-29-22(32)18-6-4-5-7-19(18)30-23(29)27-28-24(30)34-14-17-13-33-21(26-17)16-10-8-15(9-11-16)20(25)31/h4-11,13H,2-3,12,14H2,1H3,(H2,25,31). The quantitative estimate of drug-likeness (QED) is 0.324. The van der Waals surface area contributed by atoms with Crippen LogP contribution < -0.4 is 11.3 Å². The first kappa shape index (κ1) is 22.3. The maximum absolute atomic E-state index is 13.1. The summed E-state index contributed by atoms with van der Waals surface area (Å²) in [5.41, 5.74) is 8.42. The largest absolute Gasteiger partial charge is 0.366 e. The van der Waals surface area contributed by atoms with Gasteiger partial charge in [0, 0.05) is 28.8 Å². The molecule has 5 rings (SSSR count). The summed E-state index contributed by atoms with van der Waals surface area (Å²) in [5, 5.41) is 13.0. The summed E-state index contributed by atoms with van der Waals surface area (Å²) in [4.78, 5) is 29.1. The number of nitrogens with zero attached hydrogens (tertiary/aromatic N) is 5. The van der Waals surface area contributed by atoms with E-state index < -0.39 is 5.91 Å². The summed E-state index contributed by atoms with van der Waals surface area (Å²) in [5.74, 6) is 0.725. The Bertz CT molecular complexity index is 1550. The number of unbranched alkanes of at least 4 members (excludes halogenated alkanes) is 1. The molecule has 0 saturated heterocycles. The van der Waals surface area contributed by atoms with E-state index in [1.54, 1.807) is 28.0 Å². The molecule has 10 heteroatoms. The van der Waals surface area contributed by atoms with Gasteiger partial charge in [-0.1, -0.05) is 49.4 Å². The van der Waals surface area contributed by atoms with Gasteiger partial charge in [0.25, 0.3) is 5.56 Å². The van der Waals surface area contributed by atoms with Gasteiger partial charge >= 0.3 is 0 Å². The highest BCUT2D eigenvalue weighted by Crippen LogP contribution is 2.29. The van der Waals surface area contributed by atoms with E-state index in [0.717, 1.165) is 39.8 Å². The third-order valence-electron chi connectivity index (χ3n) is 5.53. The van der Waals surface area contributed by atoms with Crippen molar-refractivity contribution >= 4 is 45.7 Å². The number of para-hydroxylation sites is 1. The Morgan fingerprint density at radius 3 is 2.68 bits per heavy atom. The van der Waals surface area contributed by atoms with Gasteiger partial charge in [0.05, 0.1) is 16.6 Å². The molecule has 0 aliphatic carbocycles. The van der Waals surface area contributed by atoms with E-state index in [9.17, 15) is 9.59 Å². The molecule has 34 heavy (non-hydrogen) atoms. The molecule has 172 valence electrons. The maximum Gasteiger partial charge on any atom is 0.262 e. The van der Waals surface area contributed by atoms with E-state index in [1.807, 2.05) is 46.2 Å². The summed E-state index contributed by atoms with van der Waals surface area (Å²) in [6.45, 7) is 2.71. The first-order chi connectivity index (χ1) is 16.6. The number of benzene rings is 2. The second-order valence-electron chi connectivity index (χ2n) is 7.82. The predicted molar refractivity (Wildman–Crippen MR) is 135 cm³/mol. The van der Waals surface area contributed by atoms with Gasteiger partial charge in [0.15, 0.2) is 5.16 Å². The number of rotatable bonds is 8. The average Bonchev–Trinajstić information content (AvgIpc) is 3.50. The molecule has 0 saturated carbocycles. The monoisotopic (exact) mass is 490 g/mol. The molecule has 0 aliphatic heterocycles. The normalized spacial score (nSPS) is 11.4. The Kier molecular flexibility index (Phi) is 6.16. The van der Waals surface area contributed by atoms with Crippen molar-refractivity contribution in [2.45, 2.75) is 37.2 Å². The van der Waals surface area contributed by atoms with Crippen molar-refractivity contribution in [3.05, 3.63) is 75.5 Å². The van der Waals surface area contributed by atoms with Crippen molar-refractivity contribution in [2.75, 3.05) is 0 Å². The maximum atomic E-state index is 13.1. The molecule has 0 fully saturated rings. The molecule has 0 unspecified atom stereocenters. The minimum absolute atomic E-state index is 0.0352. The summed E-state index contributed by atoms with van der Waals surface area (Å²) in [6.07, 6.45) is 1.88. The topological polar surface area (TPSA) is 108 Å². The number of aryl methyl sites for hydroxylation is 1. The van der Waals surface area contributed by atoms with Crippen LogP contribution in [0.2, 0.25) is 0 Å². The number of fused-ring (bicyclic) bond motifs is 3. The number of nitrogens with two attached hydrogens (primary N) is 1. The molecule has 1 amide bonds. The zero-order valence-corrected chi connectivity index (χ0v) is 20.1. The lowest BCUT2D eigenvalue weighted by Crippen LogP contribution is -2.23. The van der Waals surface area contributed by atoms with Crippen LogP contribution in [-0.2, 0) is 12.3 Å².